The molecule has 0 aromatic carbocycles. The Morgan fingerprint density at radius 2 is 2.43 bits per heavy atom. The van der Waals surface area contributed by atoms with Gasteiger partial charge in [-0.2, -0.15) is 0 Å². The number of hydrogen-bond acceptors (Lipinski definition) is 3. The van der Waals surface area contributed by atoms with Crippen LogP contribution >= 0.6 is 11.8 Å². The van der Waals surface area contributed by atoms with E-state index in [1.54, 1.807) is 12.1 Å². The van der Waals surface area contributed by atoms with Crippen LogP contribution in [0.1, 0.15) is 12.6 Å². The molecule has 0 aliphatic heterocycles. The summed E-state index contributed by atoms with van der Waals surface area (Å²) in [5.41, 5.74) is 0.690. The van der Waals surface area contributed by atoms with Crippen LogP contribution in [0.25, 0.3) is 6.08 Å². The molecule has 1 heterocycles. The molecular weight excluding hydrogens is 201 g/mol. The quantitative estimate of drug-likeness (QED) is 0.769. The van der Waals surface area contributed by atoms with Crippen molar-refractivity contribution in [3.05, 3.63) is 35.9 Å². The van der Waals surface area contributed by atoms with E-state index in [0.717, 1.165) is 6.20 Å². The first-order valence-corrected chi connectivity index (χ1v) is 5.08. The smallest absolute Gasteiger partial charge is 0.186 e. The molecule has 0 aliphatic rings. The molecule has 0 unspecified atom stereocenters. The minimum atomic E-state index is -0.347. The van der Waals surface area contributed by atoms with Crippen molar-refractivity contribution in [2.24, 2.45) is 0 Å². The Hall–Kier alpha value is -1.16. The van der Waals surface area contributed by atoms with Crippen molar-refractivity contribution in [1.29, 1.82) is 0 Å². The van der Waals surface area contributed by atoms with Gasteiger partial charge in [0.1, 0.15) is 5.82 Å². The first-order valence-electron chi connectivity index (χ1n) is 4.10. The van der Waals surface area contributed by atoms with Gasteiger partial charge in [0.15, 0.2) is 5.12 Å². The van der Waals surface area contributed by atoms with Gasteiger partial charge in [-0.3, -0.25) is 9.78 Å². The first kappa shape index (κ1) is 10.9. The maximum Gasteiger partial charge on any atom is 0.186 e. The van der Waals surface area contributed by atoms with E-state index in [0.29, 0.717) is 11.4 Å². The molecule has 0 spiro atoms. The topological polar surface area (TPSA) is 30.0 Å². The van der Waals surface area contributed by atoms with Gasteiger partial charge >= 0.3 is 0 Å². The molecule has 0 radical (unpaired) electrons. The van der Waals surface area contributed by atoms with Gasteiger partial charge in [-0.05, 0) is 18.2 Å². The van der Waals surface area contributed by atoms with Crippen molar-refractivity contribution in [1.82, 2.24) is 4.98 Å². The molecule has 14 heavy (non-hydrogen) atoms. The largest absolute Gasteiger partial charge is 0.288 e. The molecule has 1 aromatic rings. The Balaban J connectivity index is 2.44. The number of carbonyl (C=O) groups excluding carboxylic acids is 1. The standard InChI is InChI=1S/C10H10FNOS/c1-8(13)14-6-2-3-10-5-4-9(11)7-12-10/h2-5,7H,6H2,1H3. The molecule has 1 rings (SSSR count). The van der Waals surface area contributed by atoms with Crippen molar-refractivity contribution in [2.45, 2.75) is 6.92 Å². The van der Waals surface area contributed by atoms with Gasteiger partial charge in [0.05, 0.1) is 11.9 Å². The van der Waals surface area contributed by atoms with Gasteiger partial charge in [0, 0.05) is 12.7 Å². The van der Waals surface area contributed by atoms with E-state index in [1.807, 2.05) is 6.08 Å². The number of halogens is 1. The van der Waals surface area contributed by atoms with Crippen LogP contribution in [0.4, 0.5) is 4.39 Å². The van der Waals surface area contributed by atoms with E-state index in [4.69, 9.17) is 0 Å². The normalized spacial score (nSPS) is 10.7. The minimum Gasteiger partial charge on any atom is -0.288 e. The summed E-state index contributed by atoms with van der Waals surface area (Å²) in [5.74, 6) is 0.272. The Labute approximate surface area is 86.2 Å². The van der Waals surface area contributed by atoms with Gasteiger partial charge in [0.25, 0.3) is 0 Å². The third-order valence-corrected chi connectivity index (χ3v) is 2.19. The number of nitrogens with zero attached hydrogens (tertiary/aromatic N) is 1. The minimum absolute atomic E-state index is 0.0849. The number of thioether (sulfide) groups is 1. The summed E-state index contributed by atoms with van der Waals surface area (Å²) in [4.78, 5) is 14.4. The average Bonchev–Trinajstić information content (AvgIpc) is 2.15. The second kappa shape index (κ2) is 5.54. The first-order chi connectivity index (χ1) is 6.68. The molecule has 0 saturated heterocycles. The maximum absolute atomic E-state index is 12.4. The zero-order valence-electron chi connectivity index (χ0n) is 7.74. The predicted octanol–water partition coefficient (Wildman–Crippen LogP) is 2.51. The Morgan fingerprint density at radius 3 is 3.00 bits per heavy atom. The van der Waals surface area contributed by atoms with Crippen LogP contribution in [0.15, 0.2) is 24.4 Å². The fraction of sp³-hybridized carbons (Fsp3) is 0.200. The predicted molar refractivity (Wildman–Crippen MR) is 56.4 cm³/mol. The van der Waals surface area contributed by atoms with Crippen LogP contribution in [0.5, 0.6) is 0 Å². The highest BCUT2D eigenvalue weighted by atomic mass is 32.2. The molecule has 74 valence electrons. The lowest BCUT2D eigenvalue weighted by Gasteiger charge is -1.92. The van der Waals surface area contributed by atoms with Crippen molar-refractivity contribution in [3.8, 4) is 0 Å². The Kier molecular flexibility index (Phi) is 4.32. The maximum atomic E-state index is 12.4. The van der Waals surface area contributed by atoms with Gasteiger partial charge in [-0.1, -0.05) is 17.8 Å². The molecule has 0 N–H and O–H groups in total. The molecule has 0 amide bonds. The molecule has 4 heteroatoms. The summed E-state index contributed by atoms with van der Waals surface area (Å²) < 4.78 is 12.4. The fourth-order valence-corrected chi connectivity index (χ4v) is 1.25. The number of rotatable bonds is 3. The fourth-order valence-electron chi connectivity index (χ4n) is 0.820. The van der Waals surface area contributed by atoms with Crippen LogP contribution in [0.3, 0.4) is 0 Å². The van der Waals surface area contributed by atoms with Crippen molar-refractivity contribution in [2.75, 3.05) is 5.75 Å². The molecule has 2 nitrogen and oxygen atoms in total. The van der Waals surface area contributed by atoms with E-state index in [-0.39, 0.29) is 10.9 Å². The van der Waals surface area contributed by atoms with Crippen LogP contribution < -0.4 is 0 Å². The summed E-state index contributed by atoms with van der Waals surface area (Å²) in [6.45, 7) is 1.52. The number of pyridine rings is 1. The highest BCUT2D eigenvalue weighted by Gasteiger charge is 1.91. The molecule has 0 bridgehead atoms. The summed E-state index contributed by atoms with van der Waals surface area (Å²) >= 11 is 1.23. The number of hydrogen-bond donors (Lipinski definition) is 0. The third kappa shape index (κ3) is 4.18. The van der Waals surface area contributed by atoms with Gasteiger partial charge in [-0.25, -0.2) is 4.39 Å². The molecule has 0 aliphatic carbocycles. The molecular formula is C10H10FNOS. The third-order valence-electron chi connectivity index (χ3n) is 1.42. The molecule has 0 atom stereocenters. The molecule has 0 fully saturated rings. The van der Waals surface area contributed by atoms with Crippen molar-refractivity contribution >= 4 is 23.0 Å². The highest BCUT2D eigenvalue weighted by molar-refractivity contribution is 8.13. The lowest BCUT2D eigenvalue weighted by atomic mass is 10.3. The van der Waals surface area contributed by atoms with Gasteiger partial charge in [-0.15, -0.1) is 0 Å². The Morgan fingerprint density at radius 1 is 1.64 bits per heavy atom. The molecule has 1 aromatic heterocycles. The van der Waals surface area contributed by atoms with Crippen molar-refractivity contribution in [3.63, 3.8) is 0 Å². The van der Waals surface area contributed by atoms with E-state index in [9.17, 15) is 9.18 Å². The van der Waals surface area contributed by atoms with E-state index < -0.39 is 0 Å². The van der Waals surface area contributed by atoms with Crippen LogP contribution in [-0.4, -0.2) is 15.9 Å². The monoisotopic (exact) mass is 211 g/mol. The second-order valence-corrected chi connectivity index (χ2v) is 3.80. The number of aromatic nitrogens is 1. The molecule has 0 saturated carbocycles. The van der Waals surface area contributed by atoms with Crippen LogP contribution in [0, 0.1) is 5.82 Å². The van der Waals surface area contributed by atoms with Crippen LogP contribution in [-0.2, 0) is 4.79 Å². The lowest BCUT2D eigenvalue weighted by molar-refractivity contribution is -0.109. The lowest BCUT2D eigenvalue weighted by Crippen LogP contribution is -1.83. The summed E-state index contributed by atoms with van der Waals surface area (Å²) in [7, 11) is 0. The second-order valence-electron chi connectivity index (χ2n) is 2.61. The van der Waals surface area contributed by atoms with E-state index in [2.05, 4.69) is 4.98 Å². The SMILES string of the molecule is CC(=O)SCC=Cc1ccc(F)cn1. The Bertz CT molecular complexity index is 334. The average molecular weight is 211 g/mol. The van der Waals surface area contributed by atoms with Gasteiger partial charge in [0.2, 0.25) is 0 Å². The summed E-state index contributed by atoms with van der Waals surface area (Å²) in [5, 5.41) is 0.0849. The van der Waals surface area contributed by atoms with Gasteiger partial charge < -0.3 is 0 Å². The van der Waals surface area contributed by atoms with E-state index in [1.165, 1.54) is 24.8 Å². The van der Waals surface area contributed by atoms with E-state index >= 15 is 0 Å². The zero-order chi connectivity index (χ0) is 10.4. The zero-order valence-corrected chi connectivity index (χ0v) is 8.55. The van der Waals surface area contributed by atoms with Crippen LogP contribution in [0.2, 0.25) is 0 Å². The summed E-state index contributed by atoms with van der Waals surface area (Å²) in [6, 6.07) is 2.94. The summed E-state index contributed by atoms with van der Waals surface area (Å²) in [6.07, 6.45) is 4.75. The highest BCUT2D eigenvalue weighted by Crippen LogP contribution is 2.04. The van der Waals surface area contributed by atoms with Crippen molar-refractivity contribution < 1.29 is 9.18 Å². The number of carbonyl (C=O) groups is 1.